The van der Waals surface area contributed by atoms with Crippen molar-refractivity contribution in [2.75, 3.05) is 0 Å². The molecule has 1 rings (SSSR count). The fourth-order valence-electron chi connectivity index (χ4n) is 1.16. The molecule has 0 saturated heterocycles. The Balaban J connectivity index is 2.38. The summed E-state index contributed by atoms with van der Waals surface area (Å²) in [4.78, 5) is 0. The predicted octanol–water partition coefficient (Wildman–Crippen LogP) is 3.68. The second-order valence-corrected chi connectivity index (χ2v) is 3.82. The van der Waals surface area contributed by atoms with Crippen LogP contribution in [0, 0.1) is 0 Å². The first kappa shape index (κ1) is 8.42. The summed E-state index contributed by atoms with van der Waals surface area (Å²) in [5.41, 5.74) is 0. The number of halogens is 2. The third-order valence-electron chi connectivity index (χ3n) is 1.78. The largest absolute Gasteiger partial charge is 0.123 e. The maximum atomic E-state index is 5.97. The van der Waals surface area contributed by atoms with Crippen LogP contribution in [0.1, 0.15) is 32.1 Å². The van der Waals surface area contributed by atoms with E-state index >= 15 is 0 Å². The molecule has 0 bridgehead atoms. The van der Waals surface area contributed by atoms with E-state index in [1.807, 2.05) is 0 Å². The molecule has 58 valence electrons. The quantitative estimate of drug-likeness (QED) is 0.497. The summed E-state index contributed by atoms with van der Waals surface area (Å²) in [6.45, 7) is 0. The summed E-state index contributed by atoms with van der Waals surface area (Å²) in [5, 5.41) is 1.39. The lowest BCUT2D eigenvalue weighted by atomic mass is 10.1. The Hall–Kier alpha value is 0.320. The molecule has 1 unspecified atom stereocenters. The Kier molecular flexibility index (Phi) is 3.58. The molecule has 0 amide bonds. The van der Waals surface area contributed by atoms with Gasteiger partial charge in [-0.2, -0.15) is 0 Å². The molecule has 0 aliphatic heterocycles. The summed E-state index contributed by atoms with van der Waals surface area (Å²) in [7, 11) is 0. The lowest BCUT2D eigenvalue weighted by Crippen LogP contribution is -1.99. The smallest absolute Gasteiger partial charge is 0.0339 e. The van der Waals surface area contributed by atoms with Gasteiger partial charge in [0.15, 0.2) is 0 Å². The van der Waals surface area contributed by atoms with Crippen molar-refractivity contribution < 1.29 is 0 Å². The third kappa shape index (κ3) is 2.94. The first-order chi connectivity index (χ1) is 4.79. The molecular weight excluding hydrogens is 167 g/mol. The molecule has 1 atom stereocenters. The van der Waals surface area contributed by atoms with Gasteiger partial charge in [-0.25, -0.2) is 0 Å². The standard InChI is InChI=1S/C8H12Cl2/c9-7-3-1-4-8(10)6-2-5-7/h3,8H,1-2,4-6H2/b7-3+. The van der Waals surface area contributed by atoms with Crippen LogP contribution in [-0.4, -0.2) is 5.38 Å². The van der Waals surface area contributed by atoms with Crippen molar-refractivity contribution in [1.82, 2.24) is 0 Å². The van der Waals surface area contributed by atoms with Gasteiger partial charge in [-0.1, -0.05) is 17.7 Å². The summed E-state index contributed by atoms with van der Waals surface area (Å²) in [6, 6.07) is 0. The molecule has 2 heteroatoms. The fourth-order valence-corrected chi connectivity index (χ4v) is 1.68. The minimum absolute atomic E-state index is 0.376. The molecule has 0 fully saturated rings. The number of alkyl halides is 1. The van der Waals surface area contributed by atoms with Crippen molar-refractivity contribution in [3.05, 3.63) is 11.1 Å². The molecule has 0 aromatic carbocycles. The van der Waals surface area contributed by atoms with Gasteiger partial charge in [-0.3, -0.25) is 0 Å². The first-order valence-corrected chi connectivity index (χ1v) is 4.59. The van der Waals surface area contributed by atoms with E-state index in [9.17, 15) is 0 Å². The number of rotatable bonds is 0. The molecule has 0 spiro atoms. The van der Waals surface area contributed by atoms with E-state index in [1.54, 1.807) is 0 Å². The normalized spacial score (nSPS) is 33.8. The molecule has 1 aliphatic rings. The van der Waals surface area contributed by atoms with E-state index in [-0.39, 0.29) is 0 Å². The SMILES string of the molecule is Cl/C1=C/CCC(Cl)CCC1. The van der Waals surface area contributed by atoms with Crippen molar-refractivity contribution in [2.24, 2.45) is 0 Å². The molecule has 10 heavy (non-hydrogen) atoms. The van der Waals surface area contributed by atoms with Crippen LogP contribution in [-0.2, 0) is 0 Å². The highest BCUT2D eigenvalue weighted by molar-refractivity contribution is 6.29. The van der Waals surface area contributed by atoms with Crippen LogP contribution in [0.2, 0.25) is 0 Å². The van der Waals surface area contributed by atoms with Gasteiger partial charge in [0.2, 0.25) is 0 Å². The summed E-state index contributed by atoms with van der Waals surface area (Å²) in [6.07, 6.45) is 7.50. The van der Waals surface area contributed by atoms with Crippen molar-refractivity contribution in [2.45, 2.75) is 37.5 Å². The predicted molar refractivity (Wildman–Crippen MR) is 46.7 cm³/mol. The van der Waals surface area contributed by atoms with Crippen LogP contribution in [0.25, 0.3) is 0 Å². The Bertz CT molecular complexity index is 129. The molecule has 0 nitrogen and oxygen atoms in total. The molecule has 1 aliphatic carbocycles. The lowest BCUT2D eigenvalue weighted by molar-refractivity contribution is 0.642. The number of allylic oxidation sites excluding steroid dienone is 2. The van der Waals surface area contributed by atoms with E-state index in [0.29, 0.717) is 5.38 Å². The van der Waals surface area contributed by atoms with E-state index in [0.717, 1.165) is 37.1 Å². The lowest BCUT2D eigenvalue weighted by Gasteiger charge is -2.10. The molecule has 0 radical (unpaired) electrons. The summed E-state index contributed by atoms with van der Waals surface area (Å²) >= 11 is 11.8. The minimum Gasteiger partial charge on any atom is -0.123 e. The van der Waals surface area contributed by atoms with Crippen LogP contribution < -0.4 is 0 Å². The van der Waals surface area contributed by atoms with Crippen molar-refractivity contribution >= 4 is 23.2 Å². The zero-order valence-corrected chi connectivity index (χ0v) is 7.46. The average molecular weight is 179 g/mol. The van der Waals surface area contributed by atoms with Gasteiger partial charge < -0.3 is 0 Å². The zero-order valence-electron chi connectivity index (χ0n) is 5.95. The van der Waals surface area contributed by atoms with Gasteiger partial charge in [-0.05, 0) is 32.1 Å². The van der Waals surface area contributed by atoms with E-state index in [2.05, 4.69) is 6.08 Å². The minimum atomic E-state index is 0.376. The first-order valence-electron chi connectivity index (χ1n) is 3.77. The summed E-state index contributed by atoms with van der Waals surface area (Å²) < 4.78 is 0. The van der Waals surface area contributed by atoms with Crippen LogP contribution >= 0.6 is 23.2 Å². The van der Waals surface area contributed by atoms with E-state index in [1.165, 1.54) is 0 Å². The van der Waals surface area contributed by atoms with Crippen LogP contribution in [0.4, 0.5) is 0 Å². The van der Waals surface area contributed by atoms with Crippen molar-refractivity contribution in [1.29, 1.82) is 0 Å². The van der Waals surface area contributed by atoms with Gasteiger partial charge in [0.05, 0.1) is 0 Å². The van der Waals surface area contributed by atoms with Crippen LogP contribution in [0.15, 0.2) is 11.1 Å². The Morgan fingerprint density at radius 3 is 3.00 bits per heavy atom. The molecule has 0 N–H and O–H groups in total. The summed E-state index contributed by atoms with van der Waals surface area (Å²) in [5.74, 6) is 0. The van der Waals surface area contributed by atoms with Crippen molar-refractivity contribution in [3.8, 4) is 0 Å². The van der Waals surface area contributed by atoms with Gasteiger partial charge in [-0.15, -0.1) is 11.6 Å². The maximum absolute atomic E-state index is 5.97. The Morgan fingerprint density at radius 1 is 1.40 bits per heavy atom. The highest BCUT2D eigenvalue weighted by Crippen LogP contribution is 2.22. The molecule has 0 aromatic heterocycles. The second-order valence-electron chi connectivity index (χ2n) is 2.72. The highest BCUT2D eigenvalue weighted by Gasteiger charge is 2.06. The molecule has 0 aromatic rings. The van der Waals surface area contributed by atoms with Crippen molar-refractivity contribution in [3.63, 3.8) is 0 Å². The highest BCUT2D eigenvalue weighted by atomic mass is 35.5. The molecular formula is C8H12Cl2. The number of hydrogen-bond acceptors (Lipinski definition) is 0. The Morgan fingerprint density at radius 2 is 2.20 bits per heavy atom. The Labute approximate surface area is 72.2 Å². The fraction of sp³-hybridized carbons (Fsp3) is 0.750. The molecule has 0 saturated carbocycles. The number of hydrogen-bond donors (Lipinski definition) is 0. The van der Waals surface area contributed by atoms with Gasteiger partial charge in [0.1, 0.15) is 0 Å². The third-order valence-corrected chi connectivity index (χ3v) is 2.56. The van der Waals surface area contributed by atoms with E-state index < -0.39 is 0 Å². The molecule has 0 heterocycles. The van der Waals surface area contributed by atoms with Gasteiger partial charge in [0.25, 0.3) is 0 Å². The van der Waals surface area contributed by atoms with Gasteiger partial charge in [0, 0.05) is 10.4 Å². The topological polar surface area (TPSA) is 0 Å². The van der Waals surface area contributed by atoms with Crippen LogP contribution in [0.5, 0.6) is 0 Å². The van der Waals surface area contributed by atoms with E-state index in [4.69, 9.17) is 23.2 Å². The average Bonchev–Trinajstić information content (AvgIpc) is 1.84. The zero-order chi connectivity index (χ0) is 7.40. The monoisotopic (exact) mass is 178 g/mol. The van der Waals surface area contributed by atoms with Gasteiger partial charge >= 0.3 is 0 Å². The van der Waals surface area contributed by atoms with Crippen LogP contribution in [0.3, 0.4) is 0 Å². The second kappa shape index (κ2) is 4.25. The maximum Gasteiger partial charge on any atom is 0.0339 e.